The van der Waals surface area contributed by atoms with Gasteiger partial charge in [0.25, 0.3) is 0 Å². The number of ketones is 1. The molecule has 1 heterocycles. The molecule has 6 heteroatoms. The van der Waals surface area contributed by atoms with Crippen LogP contribution in [0.15, 0.2) is 59.5 Å². The van der Waals surface area contributed by atoms with Crippen molar-refractivity contribution in [1.82, 2.24) is 0 Å². The van der Waals surface area contributed by atoms with Gasteiger partial charge in [-0.3, -0.25) is 4.79 Å². The monoisotopic (exact) mass is 390 g/mol. The summed E-state index contributed by atoms with van der Waals surface area (Å²) in [5, 5.41) is 0.645. The molecule has 3 rings (SSSR count). The summed E-state index contributed by atoms with van der Waals surface area (Å²) in [5.74, 6) is -0.000723. The number of carbonyl (C=O) groups is 1. The van der Waals surface area contributed by atoms with Crippen molar-refractivity contribution in [1.29, 1.82) is 0 Å². The van der Waals surface area contributed by atoms with Crippen LogP contribution in [0.5, 0.6) is 0 Å². The SMILES string of the molecule is CC(=O)c1cc(-c2ccc(S(C)(=O)=O)cc2)c(-c2ccc(Cl)cc2)s1. The first-order valence-corrected chi connectivity index (χ1v) is 10.6. The van der Waals surface area contributed by atoms with Gasteiger partial charge in [-0.05, 0) is 48.4 Å². The standard InChI is InChI=1S/C19H15ClO3S2/c1-12(21)18-11-17(13-5-9-16(10-6-13)25(2,22)23)19(24-18)14-3-7-15(20)8-4-14/h3-11H,1-2H3. The van der Waals surface area contributed by atoms with Gasteiger partial charge in [-0.1, -0.05) is 35.9 Å². The van der Waals surface area contributed by atoms with E-state index >= 15 is 0 Å². The van der Waals surface area contributed by atoms with Gasteiger partial charge in [-0.2, -0.15) is 0 Å². The summed E-state index contributed by atoms with van der Waals surface area (Å²) in [6, 6.07) is 16.0. The second kappa shape index (κ2) is 6.75. The third-order valence-electron chi connectivity index (χ3n) is 3.78. The maximum atomic E-state index is 11.8. The number of benzene rings is 2. The van der Waals surface area contributed by atoms with Crippen LogP contribution in [-0.2, 0) is 9.84 Å². The highest BCUT2D eigenvalue weighted by molar-refractivity contribution is 7.90. The average Bonchev–Trinajstić information content (AvgIpc) is 3.00. The molecule has 0 N–H and O–H groups in total. The predicted molar refractivity (Wildman–Crippen MR) is 103 cm³/mol. The first-order chi connectivity index (χ1) is 11.8. The molecule has 0 atom stereocenters. The van der Waals surface area contributed by atoms with Crippen LogP contribution in [0.3, 0.4) is 0 Å². The van der Waals surface area contributed by atoms with E-state index in [-0.39, 0.29) is 10.7 Å². The highest BCUT2D eigenvalue weighted by Gasteiger charge is 2.16. The highest BCUT2D eigenvalue weighted by atomic mass is 35.5. The average molecular weight is 391 g/mol. The molecule has 0 spiro atoms. The van der Waals surface area contributed by atoms with E-state index in [9.17, 15) is 13.2 Å². The van der Waals surface area contributed by atoms with Crippen molar-refractivity contribution in [3.05, 3.63) is 64.5 Å². The molecule has 0 saturated carbocycles. The maximum absolute atomic E-state index is 11.8. The second-order valence-corrected chi connectivity index (χ2v) is 9.22. The minimum Gasteiger partial charge on any atom is -0.294 e. The number of Topliss-reactive ketones (excluding diaryl/α,β-unsaturated/α-hetero) is 1. The molecule has 0 radical (unpaired) electrons. The molecule has 128 valence electrons. The van der Waals surface area contributed by atoms with Crippen LogP contribution in [0.2, 0.25) is 5.02 Å². The lowest BCUT2D eigenvalue weighted by atomic mass is 10.0. The fourth-order valence-corrected chi connectivity index (χ4v) is 4.31. The fourth-order valence-electron chi connectivity index (χ4n) is 2.48. The lowest BCUT2D eigenvalue weighted by Crippen LogP contribution is -1.96. The summed E-state index contributed by atoms with van der Waals surface area (Å²) < 4.78 is 23.3. The Morgan fingerprint density at radius 1 is 0.960 bits per heavy atom. The molecule has 0 bridgehead atoms. The molecule has 25 heavy (non-hydrogen) atoms. The highest BCUT2D eigenvalue weighted by Crippen LogP contribution is 2.40. The summed E-state index contributed by atoms with van der Waals surface area (Å²) in [4.78, 5) is 13.7. The van der Waals surface area contributed by atoms with Crippen molar-refractivity contribution in [2.75, 3.05) is 6.26 Å². The molecule has 3 aromatic rings. The third kappa shape index (κ3) is 3.84. The van der Waals surface area contributed by atoms with Crippen LogP contribution in [0.1, 0.15) is 16.6 Å². The van der Waals surface area contributed by atoms with Crippen LogP contribution >= 0.6 is 22.9 Å². The van der Waals surface area contributed by atoms with Crippen molar-refractivity contribution in [3.8, 4) is 21.6 Å². The summed E-state index contributed by atoms with van der Waals surface area (Å²) >= 11 is 7.38. The normalized spacial score (nSPS) is 11.5. The number of halogens is 1. The molecular weight excluding hydrogens is 376 g/mol. The zero-order valence-corrected chi connectivity index (χ0v) is 16.0. The number of rotatable bonds is 4. The largest absolute Gasteiger partial charge is 0.294 e. The van der Waals surface area contributed by atoms with E-state index in [1.54, 1.807) is 36.4 Å². The van der Waals surface area contributed by atoms with Gasteiger partial charge in [0.2, 0.25) is 0 Å². The Balaban J connectivity index is 2.14. The van der Waals surface area contributed by atoms with Crippen molar-refractivity contribution in [2.45, 2.75) is 11.8 Å². The molecule has 0 aliphatic rings. The number of carbonyl (C=O) groups excluding carboxylic acids is 1. The van der Waals surface area contributed by atoms with Crippen molar-refractivity contribution in [2.24, 2.45) is 0 Å². The van der Waals surface area contributed by atoms with Crippen LogP contribution < -0.4 is 0 Å². The van der Waals surface area contributed by atoms with E-state index in [1.165, 1.54) is 24.5 Å². The van der Waals surface area contributed by atoms with Gasteiger partial charge in [0.1, 0.15) is 0 Å². The van der Waals surface area contributed by atoms with Crippen molar-refractivity contribution < 1.29 is 13.2 Å². The summed E-state index contributed by atoms with van der Waals surface area (Å²) in [5.41, 5.74) is 2.72. The van der Waals surface area contributed by atoms with Gasteiger partial charge in [0, 0.05) is 21.7 Å². The zero-order valence-electron chi connectivity index (χ0n) is 13.6. The Labute approximate surface area is 155 Å². The van der Waals surface area contributed by atoms with Crippen LogP contribution in [0.4, 0.5) is 0 Å². The van der Waals surface area contributed by atoms with Gasteiger partial charge in [-0.15, -0.1) is 11.3 Å². The number of thiophene rings is 1. The molecular formula is C19H15ClO3S2. The van der Waals surface area contributed by atoms with E-state index in [2.05, 4.69) is 0 Å². The molecule has 2 aromatic carbocycles. The summed E-state index contributed by atoms with van der Waals surface area (Å²) in [7, 11) is -3.24. The Kier molecular flexibility index (Phi) is 4.82. The quantitative estimate of drug-likeness (QED) is 0.565. The smallest absolute Gasteiger partial charge is 0.175 e. The molecule has 0 amide bonds. The van der Waals surface area contributed by atoms with E-state index in [0.29, 0.717) is 9.90 Å². The fraction of sp³-hybridized carbons (Fsp3) is 0.105. The van der Waals surface area contributed by atoms with E-state index in [0.717, 1.165) is 21.6 Å². The van der Waals surface area contributed by atoms with Gasteiger partial charge >= 0.3 is 0 Å². The van der Waals surface area contributed by atoms with E-state index < -0.39 is 9.84 Å². The number of hydrogen-bond acceptors (Lipinski definition) is 4. The lowest BCUT2D eigenvalue weighted by molar-refractivity contribution is 0.102. The first-order valence-electron chi connectivity index (χ1n) is 7.47. The Bertz CT molecular complexity index is 1030. The Hall–Kier alpha value is -1.95. The molecule has 1 aromatic heterocycles. The zero-order chi connectivity index (χ0) is 18.2. The van der Waals surface area contributed by atoms with Crippen LogP contribution in [0.25, 0.3) is 21.6 Å². The summed E-state index contributed by atoms with van der Waals surface area (Å²) in [6.45, 7) is 1.54. The van der Waals surface area contributed by atoms with Gasteiger partial charge in [0.05, 0.1) is 9.77 Å². The maximum Gasteiger partial charge on any atom is 0.175 e. The van der Waals surface area contributed by atoms with Crippen LogP contribution in [-0.4, -0.2) is 20.5 Å². The molecule has 0 saturated heterocycles. The van der Waals surface area contributed by atoms with Gasteiger partial charge in [0.15, 0.2) is 15.6 Å². The van der Waals surface area contributed by atoms with Gasteiger partial charge in [-0.25, -0.2) is 8.42 Å². The molecule has 0 unspecified atom stereocenters. The third-order valence-corrected chi connectivity index (χ3v) is 6.44. The minimum atomic E-state index is -3.24. The predicted octanol–water partition coefficient (Wildman–Crippen LogP) is 5.34. The molecule has 0 fully saturated rings. The van der Waals surface area contributed by atoms with Crippen molar-refractivity contribution in [3.63, 3.8) is 0 Å². The number of hydrogen-bond donors (Lipinski definition) is 0. The Morgan fingerprint density at radius 3 is 2.04 bits per heavy atom. The van der Waals surface area contributed by atoms with E-state index in [4.69, 9.17) is 11.6 Å². The van der Waals surface area contributed by atoms with Crippen molar-refractivity contribution >= 4 is 38.6 Å². The molecule has 0 aliphatic heterocycles. The van der Waals surface area contributed by atoms with E-state index in [1.807, 2.05) is 18.2 Å². The van der Waals surface area contributed by atoms with Gasteiger partial charge < -0.3 is 0 Å². The lowest BCUT2D eigenvalue weighted by Gasteiger charge is -2.06. The second-order valence-electron chi connectivity index (χ2n) is 5.71. The topological polar surface area (TPSA) is 51.2 Å². The van der Waals surface area contributed by atoms with Crippen LogP contribution in [0, 0.1) is 0 Å². The number of sulfone groups is 1. The first kappa shape index (κ1) is 17.9. The molecule has 0 aliphatic carbocycles. The molecule has 3 nitrogen and oxygen atoms in total. The minimum absolute atomic E-state index is 0.000723. The Morgan fingerprint density at radius 2 is 1.52 bits per heavy atom. The summed E-state index contributed by atoms with van der Waals surface area (Å²) in [6.07, 6.45) is 1.18.